The SMILES string of the molecule is NC(=O)c1ccc(N(CN2CCCC2=O)C(=O)c2ccccc2)cc1. The number of nitrogens with two attached hydrogens (primary N) is 1. The summed E-state index contributed by atoms with van der Waals surface area (Å²) in [5.74, 6) is -0.686. The molecule has 1 heterocycles. The second-order valence-electron chi connectivity index (χ2n) is 5.91. The molecule has 6 heteroatoms. The fourth-order valence-corrected chi connectivity index (χ4v) is 2.83. The predicted octanol–water partition coefficient (Wildman–Crippen LogP) is 2.01. The molecule has 1 aliphatic heterocycles. The first-order valence-electron chi connectivity index (χ1n) is 8.11. The van der Waals surface area contributed by atoms with Crippen molar-refractivity contribution in [1.29, 1.82) is 0 Å². The Balaban J connectivity index is 1.91. The van der Waals surface area contributed by atoms with Gasteiger partial charge in [-0.25, -0.2) is 0 Å². The number of primary amides is 1. The Labute approximate surface area is 145 Å². The molecule has 128 valence electrons. The van der Waals surface area contributed by atoms with Crippen molar-refractivity contribution in [2.24, 2.45) is 5.73 Å². The van der Waals surface area contributed by atoms with Gasteiger partial charge in [-0.3, -0.25) is 19.3 Å². The Kier molecular flexibility index (Phi) is 4.79. The minimum absolute atomic E-state index is 0.0413. The highest BCUT2D eigenvalue weighted by Gasteiger charge is 2.26. The molecule has 0 radical (unpaired) electrons. The maximum absolute atomic E-state index is 13.0. The van der Waals surface area contributed by atoms with Crippen LogP contribution in [-0.4, -0.2) is 35.8 Å². The number of hydrogen-bond donors (Lipinski definition) is 1. The summed E-state index contributed by atoms with van der Waals surface area (Å²) >= 11 is 0. The van der Waals surface area contributed by atoms with Crippen LogP contribution >= 0.6 is 0 Å². The lowest BCUT2D eigenvalue weighted by atomic mass is 10.1. The number of amides is 3. The van der Waals surface area contributed by atoms with Crippen LogP contribution in [0.4, 0.5) is 5.69 Å². The van der Waals surface area contributed by atoms with Crippen molar-refractivity contribution < 1.29 is 14.4 Å². The molecule has 6 nitrogen and oxygen atoms in total. The zero-order chi connectivity index (χ0) is 17.8. The molecule has 0 unspecified atom stereocenters. The van der Waals surface area contributed by atoms with E-state index in [0.717, 1.165) is 6.42 Å². The van der Waals surface area contributed by atoms with E-state index in [2.05, 4.69) is 0 Å². The van der Waals surface area contributed by atoms with Gasteiger partial charge in [0.25, 0.3) is 5.91 Å². The van der Waals surface area contributed by atoms with Crippen molar-refractivity contribution in [2.45, 2.75) is 12.8 Å². The summed E-state index contributed by atoms with van der Waals surface area (Å²) in [6.07, 6.45) is 1.31. The van der Waals surface area contributed by atoms with Crippen molar-refractivity contribution >= 4 is 23.4 Å². The zero-order valence-corrected chi connectivity index (χ0v) is 13.7. The minimum Gasteiger partial charge on any atom is -0.366 e. The van der Waals surface area contributed by atoms with Gasteiger partial charge in [0.2, 0.25) is 11.8 Å². The summed E-state index contributed by atoms with van der Waals surface area (Å²) in [5, 5.41) is 0. The molecule has 3 amide bonds. The van der Waals surface area contributed by atoms with Gasteiger partial charge in [0.15, 0.2) is 0 Å². The van der Waals surface area contributed by atoms with Crippen molar-refractivity contribution in [1.82, 2.24) is 4.90 Å². The predicted molar refractivity (Wildman–Crippen MR) is 94.0 cm³/mol. The van der Waals surface area contributed by atoms with Crippen LogP contribution in [0.5, 0.6) is 0 Å². The molecular weight excluding hydrogens is 318 g/mol. The van der Waals surface area contributed by atoms with E-state index in [0.29, 0.717) is 29.8 Å². The van der Waals surface area contributed by atoms with Gasteiger partial charge in [-0.05, 0) is 42.8 Å². The van der Waals surface area contributed by atoms with Crippen molar-refractivity contribution in [2.75, 3.05) is 18.1 Å². The maximum Gasteiger partial charge on any atom is 0.259 e. The van der Waals surface area contributed by atoms with E-state index in [-0.39, 0.29) is 18.5 Å². The van der Waals surface area contributed by atoms with E-state index in [9.17, 15) is 14.4 Å². The molecule has 1 aliphatic rings. The lowest BCUT2D eigenvalue weighted by molar-refractivity contribution is -0.127. The molecule has 25 heavy (non-hydrogen) atoms. The third kappa shape index (κ3) is 3.68. The Morgan fingerprint density at radius 1 is 1.00 bits per heavy atom. The molecule has 0 spiro atoms. The molecule has 1 fully saturated rings. The lowest BCUT2D eigenvalue weighted by Gasteiger charge is -2.28. The Hall–Kier alpha value is -3.15. The van der Waals surface area contributed by atoms with Crippen LogP contribution in [0.1, 0.15) is 33.6 Å². The second-order valence-corrected chi connectivity index (χ2v) is 5.91. The highest BCUT2D eigenvalue weighted by Crippen LogP contribution is 2.21. The topological polar surface area (TPSA) is 83.7 Å². The fraction of sp³-hybridized carbons (Fsp3) is 0.211. The fourth-order valence-electron chi connectivity index (χ4n) is 2.83. The molecular formula is C19H19N3O3. The molecule has 2 N–H and O–H groups in total. The second kappa shape index (κ2) is 7.17. The molecule has 2 aromatic rings. The monoisotopic (exact) mass is 337 g/mol. The van der Waals surface area contributed by atoms with E-state index < -0.39 is 5.91 Å². The Bertz CT molecular complexity index is 787. The lowest BCUT2D eigenvalue weighted by Crippen LogP contribution is -2.42. The van der Waals surface area contributed by atoms with Crippen LogP contribution in [0.3, 0.4) is 0 Å². The van der Waals surface area contributed by atoms with E-state index in [1.165, 1.54) is 0 Å². The van der Waals surface area contributed by atoms with Crippen LogP contribution in [0.2, 0.25) is 0 Å². The molecule has 0 aromatic heterocycles. The van der Waals surface area contributed by atoms with Gasteiger partial charge in [0.05, 0.1) is 0 Å². The number of anilines is 1. The first kappa shape index (κ1) is 16.7. The standard InChI is InChI=1S/C19H19N3O3/c20-18(24)14-8-10-16(11-9-14)22(13-21-12-4-7-17(21)23)19(25)15-5-2-1-3-6-15/h1-3,5-6,8-11H,4,7,12-13H2,(H2,20,24). The molecule has 0 aliphatic carbocycles. The minimum atomic E-state index is -0.526. The van der Waals surface area contributed by atoms with Crippen molar-refractivity contribution in [3.63, 3.8) is 0 Å². The summed E-state index contributed by atoms with van der Waals surface area (Å²) in [6.45, 7) is 0.819. The highest BCUT2D eigenvalue weighted by atomic mass is 16.2. The van der Waals surface area contributed by atoms with E-state index >= 15 is 0 Å². The molecule has 0 atom stereocenters. The number of hydrogen-bond acceptors (Lipinski definition) is 3. The quantitative estimate of drug-likeness (QED) is 0.906. The van der Waals surface area contributed by atoms with E-state index in [1.54, 1.807) is 58.3 Å². The molecule has 0 saturated carbocycles. The number of carbonyl (C=O) groups excluding carboxylic acids is 3. The number of rotatable bonds is 5. The van der Waals surface area contributed by atoms with Crippen LogP contribution in [-0.2, 0) is 4.79 Å². The van der Waals surface area contributed by atoms with Gasteiger partial charge in [0, 0.05) is 29.8 Å². The Morgan fingerprint density at radius 2 is 1.68 bits per heavy atom. The van der Waals surface area contributed by atoms with E-state index in [1.807, 2.05) is 6.07 Å². The normalized spacial score (nSPS) is 13.8. The average Bonchev–Trinajstić information content (AvgIpc) is 3.04. The van der Waals surface area contributed by atoms with Crippen LogP contribution in [0.15, 0.2) is 54.6 Å². The number of nitrogens with zero attached hydrogens (tertiary/aromatic N) is 2. The van der Waals surface area contributed by atoms with Crippen LogP contribution in [0.25, 0.3) is 0 Å². The summed E-state index contributed by atoms with van der Waals surface area (Å²) in [4.78, 5) is 39.4. The van der Waals surface area contributed by atoms with Gasteiger partial charge in [-0.1, -0.05) is 18.2 Å². The highest BCUT2D eigenvalue weighted by molar-refractivity contribution is 6.06. The van der Waals surface area contributed by atoms with Gasteiger partial charge < -0.3 is 10.6 Å². The Morgan fingerprint density at radius 3 is 2.24 bits per heavy atom. The maximum atomic E-state index is 13.0. The largest absolute Gasteiger partial charge is 0.366 e. The zero-order valence-electron chi connectivity index (χ0n) is 13.7. The van der Waals surface area contributed by atoms with Gasteiger partial charge in [-0.15, -0.1) is 0 Å². The third-order valence-electron chi connectivity index (χ3n) is 4.21. The first-order valence-corrected chi connectivity index (χ1v) is 8.11. The summed E-state index contributed by atoms with van der Waals surface area (Å²) < 4.78 is 0. The number of benzene rings is 2. The number of likely N-dealkylation sites (tertiary alicyclic amines) is 1. The van der Waals surface area contributed by atoms with Gasteiger partial charge >= 0.3 is 0 Å². The van der Waals surface area contributed by atoms with Gasteiger partial charge in [0.1, 0.15) is 6.67 Å². The average molecular weight is 337 g/mol. The van der Waals surface area contributed by atoms with E-state index in [4.69, 9.17) is 5.73 Å². The smallest absolute Gasteiger partial charge is 0.259 e. The molecule has 3 rings (SSSR count). The third-order valence-corrected chi connectivity index (χ3v) is 4.21. The van der Waals surface area contributed by atoms with Crippen LogP contribution < -0.4 is 10.6 Å². The summed E-state index contributed by atoms with van der Waals surface area (Å²) in [7, 11) is 0. The van der Waals surface area contributed by atoms with Crippen molar-refractivity contribution in [3.8, 4) is 0 Å². The summed E-state index contributed by atoms with van der Waals surface area (Å²) in [6, 6.07) is 15.4. The summed E-state index contributed by atoms with van der Waals surface area (Å²) in [5.41, 5.74) is 6.78. The van der Waals surface area contributed by atoms with Crippen LogP contribution in [0, 0.1) is 0 Å². The molecule has 1 saturated heterocycles. The first-order chi connectivity index (χ1) is 12.1. The molecule has 2 aromatic carbocycles. The van der Waals surface area contributed by atoms with Crippen molar-refractivity contribution in [3.05, 3.63) is 65.7 Å². The number of carbonyl (C=O) groups is 3. The van der Waals surface area contributed by atoms with Gasteiger partial charge in [-0.2, -0.15) is 0 Å². The molecule has 0 bridgehead atoms.